The Hall–Kier alpha value is -2.00. The minimum atomic E-state index is -3.70. The molecule has 2 aromatic carbocycles. The van der Waals surface area contributed by atoms with E-state index in [1.807, 2.05) is 32.9 Å². The number of nitrogens with one attached hydrogen (secondary N) is 1. The van der Waals surface area contributed by atoms with Gasteiger partial charge in [0.05, 0.1) is 17.0 Å². The summed E-state index contributed by atoms with van der Waals surface area (Å²) in [5.41, 5.74) is 0.965. The van der Waals surface area contributed by atoms with Gasteiger partial charge in [-0.05, 0) is 56.0 Å². The molecule has 2 amide bonds. The fourth-order valence-corrected chi connectivity index (χ4v) is 5.43. The van der Waals surface area contributed by atoms with E-state index in [0.29, 0.717) is 16.5 Å². The van der Waals surface area contributed by atoms with E-state index in [1.165, 1.54) is 17.0 Å². The first-order valence-electron chi connectivity index (χ1n) is 12.1. The predicted molar refractivity (Wildman–Crippen MR) is 152 cm³/mol. The van der Waals surface area contributed by atoms with Crippen LogP contribution >= 0.6 is 34.8 Å². The van der Waals surface area contributed by atoms with Crippen molar-refractivity contribution in [2.24, 2.45) is 0 Å². The number of carbonyl (C=O) groups is 2. The van der Waals surface area contributed by atoms with Gasteiger partial charge < -0.3 is 10.2 Å². The topological polar surface area (TPSA) is 86.8 Å². The van der Waals surface area contributed by atoms with Gasteiger partial charge in [0.1, 0.15) is 6.04 Å². The lowest BCUT2D eigenvalue weighted by atomic mass is 10.1. The fraction of sp³-hybridized carbons (Fsp3) is 0.462. The van der Waals surface area contributed by atoms with Crippen LogP contribution in [0.2, 0.25) is 15.1 Å². The van der Waals surface area contributed by atoms with Crippen LogP contribution in [0.4, 0.5) is 5.69 Å². The average molecular weight is 591 g/mol. The number of hydrogen-bond donors (Lipinski definition) is 1. The third-order valence-corrected chi connectivity index (χ3v) is 8.12. The quantitative estimate of drug-likeness (QED) is 0.314. The molecule has 0 fully saturated rings. The molecule has 0 aromatic heterocycles. The van der Waals surface area contributed by atoms with Crippen molar-refractivity contribution < 1.29 is 18.0 Å². The molecule has 2 aromatic rings. The van der Waals surface area contributed by atoms with Crippen molar-refractivity contribution in [1.29, 1.82) is 0 Å². The van der Waals surface area contributed by atoms with Gasteiger partial charge in [-0.1, -0.05) is 66.8 Å². The standard InChI is InChI=1S/C26H34Cl3N3O4S/c1-5-18(3)30-26(34)23(6-2)31(17-19-10-7-8-11-21(19)28)25(33)12-9-15-32(37(4,35)36)24-16-20(27)13-14-22(24)29/h7-8,10-11,13-14,16,18,23H,5-6,9,12,15,17H2,1-4H3,(H,30,34)/t18-,23-/m1/s1. The van der Waals surface area contributed by atoms with Gasteiger partial charge in [0, 0.05) is 35.6 Å². The maximum atomic E-state index is 13.5. The first kappa shape index (κ1) is 31.2. The summed E-state index contributed by atoms with van der Waals surface area (Å²) in [6.45, 7) is 5.89. The number of halogens is 3. The highest BCUT2D eigenvalue weighted by Crippen LogP contribution is 2.31. The van der Waals surface area contributed by atoms with Crippen molar-refractivity contribution in [3.63, 3.8) is 0 Å². The van der Waals surface area contributed by atoms with E-state index < -0.39 is 16.1 Å². The molecule has 1 N–H and O–H groups in total. The summed E-state index contributed by atoms with van der Waals surface area (Å²) in [5, 5.41) is 4.03. The molecule has 0 heterocycles. The van der Waals surface area contributed by atoms with Gasteiger partial charge in [-0.15, -0.1) is 0 Å². The van der Waals surface area contributed by atoms with Crippen LogP contribution in [0.3, 0.4) is 0 Å². The first-order chi connectivity index (χ1) is 17.4. The van der Waals surface area contributed by atoms with Gasteiger partial charge in [-0.25, -0.2) is 8.42 Å². The lowest BCUT2D eigenvalue weighted by Gasteiger charge is -2.32. The Kier molecular flexibility index (Phi) is 12.0. The minimum absolute atomic E-state index is 0.0143. The van der Waals surface area contributed by atoms with Gasteiger partial charge >= 0.3 is 0 Å². The van der Waals surface area contributed by atoms with Crippen LogP contribution < -0.4 is 9.62 Å². The summed E-state index contributed by atoms with van der Waals surface area (Å²) in [7, 11) is -3.70. The maximum absolute atomic E-state index is 13.5. The second kappa shape index (κ2) is 14.2. The maximum Gasteiger partial charge on any atom is 0.243 e. The number of hydrogen-bond acceptors (Lipinski definition) is 4. The third kappa shape index (κ3) is 9.06. The molecule has 0 aliphatic carbocycles. The highest BCUT2D eigenvalue weighted by Gasteiger charge is 2.30. The van der Waals surface area contributed by atoms with E-state index in [9.17, 15) is 18.0 Å². The highest BCUT2D eigenvalue weighted by atomic mass is 35.5. The lowest BCUT2D eigenvalue weighted by Crippen LogP contribution is -2.50. The smallest absolute Gasteiger partial charge is 0.243 e. The summed E-state index contributed by atoms with van der Waals surface area (Å²) in [4.78, 5) is 28.1. The SMILES string of the molecule is CC[C@@H](C)NC(=O)[C@@H](CC)N(Cc1ccccc1Cl)C(=O)CCCN(c1cc(Cl)ccc1Cl)S(C)(=O)=O. The lowest BCUT2D eigenvalue weighted by molar-refractivity contribution is -0.141. The van der Waals surface area contributed by atoms with E-state index in [2.05, 4.69) is 5.32 Å². The predicted octanol–water partition coefficient (Wildman–Crippen LogP) is 5.92. The normalized spacial score (nSPS) is 13.1. The van der Waals surface area contributed by atoms with E-state index in [4.69, 9.17) is 34.8 Å². The number of rotatable bonds is 13. The Morgan fingerprint density at radius 1 is 1.00 bits per heavy atom. The van der Waals surface area contributed by atoms with E-state index in [1.54, 1.807) is 18.2 Å². The van der Waals surface area contributed by atoms with Crippen LogP contribution in [0.5, 0.6) is 0 Å². The van der Waals surface area contributed by atoms with Gasteiger partial charge in [0.2, 0.25) is 21.8 Å². The van der Waals surface area contributed by atoms with Gasteiger partial charge in [0.15, 0.2) is 0 Å². The third-order valence-electron chi connectivity index (χ3n) is 6.01. The zero-order chi connectivity index (χ0) is 27.8. The van der Waals surface area contributed by atoms with Crippen LogP contribution in [-0.2, 0) is 26.2 Å². The average Bonchev–Trinajstić information content (AvgIpc) is 2.83. The largest absolute Gasteiger partial charge is 0.352 e. The van der Waals surface area contributed by atoms with Gasteiger partial charge in [-0.2, -0.15) is 0 Å². The van der Waals surface area contributed by atoms with E-state index in [-0.39, 0.29) is 54.5 Å². The summed E-state index contributed by atoms with van der Waals surface area (Å²) in [6, 6.07) is 11.0. The van der Waals surface area contributed by atoms with Crippen LogP contribution in [0, 0.1) is 0 Å². The Balaban J connectivity index is 2.27. The zero-order valence-electron chi connectivity index (χ0n) is 21.5. The van der Waals surface area contributed by atoms with Crippen molar-refractivity contribution in [3.8, 4) is 0 Å². The van der Waals surface area contributed by atoms with Crippen LogP contribution in [-0.4, -0.2) is 50.0 Å². The molecule has 0 saturated heterocycles. The number of sulfonamides is 1. The molecule has 0 unspecified atom stereocenters. The first-order valence-corrected chi connectivity index (χ1v) is 15.1. The number of anilines is 1. The van der Waals surface area contributed by atoms with Crippen molar-refractivity contribution in [2.75, 3.05) is 17.1 Å². The molecule has 0 aliphatic heterocycles. The molecule has 0 spiro atoms. The summed E-state index contributed by atoms with van der Waals surface area (Å²) < 4.78 is 26.2. The molecule has 0 saturated carbocycles. The van der Waals surface area contributed by atoms with Crippen LogP contribution in [0.25, 0.3) is 0 Å². The van der Waals surface area contributed by atoms with Crippen LogP contribution in [0.1, 0.15) is 52.0 Å². The Bertz CT molecular complexity index is 1190. The van der Waals surface area contributed by atoms with Crippen LogP contribution in [0.15, 0.2) is 42.5 Å². The fourth-order valence-electron chi connectivity index (χ4n) is 3.83. The van der Waals surface area contributed by atoms with Crippen molar-refractivity contribution >= 4 is 62.3 Å². The van der Waals surface area contributed by atoms with Crippen molar-refractivity contribution in [2.45, 2.75) is 65.1 Å². The van der Waals surface area contributed by atoms with Gasteiger partial charge in [-0.3, -0.25) is 13.9 Å². The molecular weight excluding hydrogens is 557 g/mol. The summed E-state index contributed by atoms with van der Waals surface area (Å²) in [6.07, 6.45) is 2.46. The monoisotopic (exact) mass is 589 g/mol. The van der Waals surface area contributed by atoms with Crippen molar-refractivity contribution in [3.05, 3.63) is 63.1 Å². The highest BCUT2D eigenvalue weighted by molar-refractivity contribution is 7.92. The summed E-state index contributed by atoms with van der Waals surface area (Å²) in [5.74, 6) is -0.516. The second-order valence-electron chi connectivity index (χ2n) is 8.89. The Labute approximate surface area is 235 Å². The molecule has 2 atom stereocenters. The van der Waals surface area contributed by atoms with E-state index >= 15 is 0 Å². The van der Waals surface area contributed by atoms with E-state index in [0.717, 1.165) is 22.5 Å². The molecule has 37 heavy (non-hydrogen) atoms. The number of amides is 2. The second-order valence-corrected chi connectivity index (χ2v) is 12.0. The number of carbonyl (C=O) groups excluding carboxylic acids is 2. The molecule has 0 aliphatic rings. The molecule has 2 rings (SSSR count). The molecular formula is C26H34Cl3N3O4S. The molecule has 0 bridgehead atoms. The van der Waals surface area contributed by atoms with Crippen molar-refractivity contribution in [1.82, 2.24) is 10.2 Å². The molecule has 0 radical (unpaired) electrons. The number of benzene rings is 2. The Morgan fingerprint density at radius 2 is 1.68 bits per heavy atom. The number of nitrogens with zero attached hydrogens (tertiary/aromatic N) is 2. The molecule has 11 heteroatoms. The Morgan fingerprint density at radius 3 is 2.27 bits per heavy atom. The summed E-state index contributed by atoms with van der Waals surface area (Å²) >= 11 is 18.7. The molecule has 204 valence electrons. The zero-order valence-corrected chi connectivity index (χ0v) is 24.6. The van der Waals surface area contributed by atoms with Gasteiger partial charge in [0.25, 0.3) is 0 Å². The molecule has 7 nitrogen and oxygen atoms in total. The minimum Gasteiger partial charge on any atom is -0.352 e.